The summed E-state index contributed by atoms with van der Waals surface area (Å²) in [7, 11) is 0. The van der Waals surface area contributed by atoms with Crippen LogP contribution in [0.2, 0.25) is 0 Å². The molecule has 2 aliphatic heterocycles. The zero-order chi connectivity index (χ0) is 19.6. The predicted molar refractivity (Wildman–Crippen MR) is 99.1 cm³/mol. The molecule has 1 aromatic rings. The molecule has 2 aliphatic rings. The summed E-state index contributed by atoms with van der Waals surface area (Å²) in [5, 5.41) is 11.0. The van der Waals surface area contributed by atoms with E-state index in [2.05, 4.69) is 23.6 Å². The molecule has 0 aliphatic carbocycles. The first-order valence-corrected chi connectivity index (χ1v) is 9.70. The lowest BCUT2D eigenvalue weighted by Crippen LogP contribution is -2.60. The van der Waals surface area contributed by atoms with Crippen LogP contribution in [0, 0.1) is 11.6 Å². The highest BCUT2D eigenvalue weighted by atomic mass is 19.2. The standard InChI is InChI=1S/C20H29F2N3O2/c1-15(2)24-10-8-23(9-11-24)14-20(27)6-3-7-25(19(20)26)13-16-4-5-17(21)18(22)12-16/h4-5,12,15,27H,3,6-11,13-14H2,1-2H3. The van der Waals surface area contributed by atoms with Crippen LogP contribution in [0.1, 0.15) is 32.3 Å². The molecule has 0 spiro atoms. The molecule has 1 aromatic carbocycles. The number of nitrogens with zero attached hydrogens (tertiary/aromatic N) is 3. The van der Waals surface area contributed by atoms with Crippen LogP contribution < -0.4 is 0 Å². The molecule has 2 heterocycles. The first kappa shape index (κ1) is 20.2. The van der Waals surface area contributed by atoms with Crippen molar-refractivity contribution in [2.24, 2.45) is 0 Å². The second-order valence-electron chi connectivity index (χ2n) is 8.02. The van der Waals surface area contributed by atoms with Gasteiger partial charge in [0.05, 0.1) is 0 Å². The van der Waals surface area contributed by atoms with Gasteiger partial charge in [0.15, 0.2) is 17.2 Å². The minimum atomic E-state index is -1.41. The van der Waals surface area contributed by atoms with Gasteiger partial charge in [0.25, 0.3) is 5.91 Å². The second-order valence-corrected chi connectivity index (χ2v) is 8.02. The van der Waals surface area contributed by atoms with Crippen LogP contribution in [0.3, 0.4) is 0 Å². The third-order valence-corrected chi connectivity index (χ3v) is 5.68. The predicted octanol–water partition coefficient (Wildman–Crippen LogP) is 1.84. The van der Waals surface area contributed by atoms with Crippen molar-refractivity contribution in [2.45, 2.75) is 44.9 Å². The molecule has 1 N–H and O–H groups in total. The Morgan fingerprint density at radius 3 is 2.44 bits per heavy atom. The minimum absolute atomic E-state index is 0.180. The minimum Gasteiger partial charge on any atom is -0.379 e. The van der Waals surface area contributed by atoms with Crippen molar-refractivity contribution in [2.75, 3.05) is 39.3 Å². The molecule has 2 saturated heterocycles. The van der Waals surface area contributed by atoms with Crippen LogP contribution in [0.4, 0.5) is 8.78 Å². The Morgan fingerprint density at radius 2 is 1.81 bits per heavy atom. The van der Waals surface area contributed by atoms with E-state index in [0.717, 1.165) is 38.3 Å². The monoisotopic (exact) mass is 381 g/mol. The Morgan fingerprint density at radius 1 is 1.11 bits per heavy atom. The maximum Gasteiger partial charge on any atom is 0.256 e. The van der Waals surface area contributed by atoms with Gasteiger partial charge in [-0.05, 0) is 44.4 Å². The highest BCUT2D eigenvalue weighted by Crippen LogP contribution is 2.26. The Hall–Kier alpha value is -1.57. The third kappa shape index (κ3) is 4.65. The normalized spacial score (nSPS) is 25.4. The van der Waals surface area contributed by atoms with Crippen LogP contribution in [-0.4, -0.2) is 76.6 Å². The topological polar surface area (TPSA) is 47.0 Å². The van der Waals surface area contributed by atoms with Gasteiger partial charge in [-0.25, -0.2) is 8.78 Å². The Balaban J connectivity index is 1.62. The van der Waals surface area contributed by atoms with E-state index in [0.29, 0.717) is 37.5 Å². The van der Waals surface area contributed by atoms with E-state index in [-0.39, 0.29) is 12.5 Å². The number of hydrogen-bond acceptors (Lipinski definition) is 4. The zero-order valence-electron chi connectivity index (χ0n) is 16.1. The summed E-state index contributed by atoms with van der Waals surface area (Å²) in [5.74, 6) is -2.14. The third-order valence-electron chi connectivity index (χ3n) is 5.68. The van der Waals surface area contributed by atoms with Crippen LogP contribution in [0.5, 0.6) is 0 Å². The van der Waals surface area contributed by atoms with Crippen molar-refractivity contribution in [1.82, 2.24) is 14.7 Å². The number of piperidine rings is 1. The van der Waals surface area contributed by atoms with Gasteiger partial charge in [-0.15, -0.1) is 0 Å². The number of carbonyl (C=O) groups is 1. The summed E-state index contributed by atoms with van der Waals surface area (Å²) in [4.78, 5) is 19.0. The van der Waals surface area contributed by atoms with E-state index in [9.17, 15) is 18.7 Å². The molecule has 0 aromatic heterocycles. The fraction of sp³-hybridized carbons (Fsp3) is 0.650. The Kier molecular flexibility index (Phi) is 6.13. The molecule has 5 nitrogen and oxygen atoms in total. The molecule has 1 unspecified atom stereocenters. The molecule has 2 fully saturated rings. The summed E-state index contributed by atoms with van der Waals surface area (Å²) in [6.07, 6.45) is 1.13. The summed E-state index contributed by atoms with van der Waals surface area (Å²) in [6, 6.07) is 4.16. The lowest BCUT2D eigenvalue weighted by atomic mass is 9.90. The Labute approximate surface area is 159 Å². The quantitative estimate of drug-likeness (QED) is 0.846. The molecule has 27 heavy (non-hydrogen) atoms. The van der Waals surface area contributed by atoms with E-state index in [1.165, 1.54) is 6.07 Å². The molecule has 0 radical (unpaired) electrons. The number of aliphatic hydroxyl groups is 1. The van der Waals surface area contributed by atoms with Gasteiger partial charge in [-0.1, -0.05) is 6.07 Å². The summed E-state index contributed by atoms with van der Waals surface area (Å²) in [5.41, 5.74) is -0.881. The van der Waals surface area contributed by atoms with Crippen molar-refractivity contribution < 1.29 is 18.7 Å². The number of piperazine rings is 1. The molecule has 150 valence electrons. The van der Waals surface area contributed by atoms with Crippen LogP contribution in [0.15, 0.2) is 18.2 Å². The molecule has 7 heteroatoms. The van der Waals surface area contributed by atoms with E-state index in [1.54, 1.807) is 4.90 Å². The Bertz CT molecular complexity index is 677. The van der Waals surface area contributed by atoms with Crippen molar-refractivity contribution in [3.05, 3.63) is 35.4 Å². The second kappa shape index (κ2) is 8.20. The van der Waals surface area contributed by atoms with Gasteiger partial charge in [-0.3, -0.25) is 14.6 Å². The van der Waals surface area contributed by atoms with Gasteiger partial charge < -0.3 is 10.0 Å². The maximum atomic E-state index is 13.4. The van der Waals surface area contributed by atoms with E-state index >= 15 is 0 Å². The molecular formula is C20H29F2N3O2. The van der Waals surface area contributed by atoms with Crippen molar-refractivity contribution >= 4 is 5.91 Å². The number of rotatable bonds is 5. The highest BCUT2D eigenvalue weighted by molar-refractivity contribution is 5.86. The van der Waals surface area contributed by atoms with Crippen molar-refractivity contribution in [3.63, 3.8) is 0 Å². The van der Waals surface area contributed by atoms with E-state index in [1.807, 2.05) is 0 Å². The number of halogens is 2. The lowest BCUT2D eigenvalue weighted by molar-refractivity contribution is -0.160. The van der Waals surface area contributed by atoms with Crippen LogP contribution in [0.25, 0.3) is 0 Å². The SMILES string of the molecule is CC(C)N1CCN(CC2(O)CCCN(Cc3ccc(F)c(F)c3)C2=O)CC1. The van der Waals surface area contributed by atoms with Crippen molar-refractivity contribution in [3.8, 4) is 0 Å². The van der Waals surface area contributed by atoms with E-state index in [4.69, 9.17) is 0 Å². The highest BCUT2D eigenvalue weighted by Gasteiger charge is 2.43. The average Bonchev–Trinajstić information content (AvgIpc) is 2.63. The van der Waals surface area contributed by atoms with Gasteiger partial charge in [0.1, 0.15) is 0 Å². The fourth-order valence-electron chi connectivity index (χ4n) is 4.03. The molecule has 0 saturated carbocycles. The van der Waals surface area contributed by atoms with Crippen molar-refractivity contribution in [1.29, 1.82) is 0 Å². The maximum absolute atomic E-state index is 13.4. The first-order chi connectivity index (χ1) is 12.8. The number of carbonyl (C=O) groups excluding carboxylic acids is 1. The average molecular weight is 381 g/mol. The molecule has 1 atom stereocenters. The number of hydrogen-bond donors (Lipinski definition) is 1. The largest absolute Gasteiger partial charge is 0.379 e. The summed E-state index contributed by atoms with van der Waals surface area (Å²) >= 11 is 0. The smallest absolute Gasteiger partial charge is 0.256 e. The number of amides is 1. The number of β-amino-alcohol motifs (C(OH)–C–C–N with tert-alkyl or cyclic N) is 1. The molecule has 1 amide bonds. The van der Waals surface area contributed by atoms with Gasteiger partial charge in [0, 0.05) is 51.9 Å². The fourth-order valence-corrected chi connectivity index (χ4v) is 4.03. The number of likely N-dealkylation sites (tertiary alicyclic amines) is 1. The lowest BCUT2D eigenvalue weighted by Gasteiger charge is -2.43. The van der Waals surface area contributed by atoms with Gasteiger partial charge in [-0.2, -0.15) is 0 Å². The number of benzene rings is 1. The van der Waals surface area contributed by atoms with Gasteiger partial charge >= 0.3 is 0 Å². The summed E-state index contributed by atoms with van der Waals surface area (Å²) in [6.45, 7) is 8.88. The zero-order valence-corrected chi connectivity index (χ0v) is 16.1. The molecular weight excluding hydrogens is 352 g/mol. The van der Waals surface area contributed by atoms with Crippen LogP contribution in [-0.2, 0) is 11.3 Å². The summed E-state index contributed by atoms with van der Waals surface area (Å²) < 4.78 is 26.6. The molecule has 3 rings (SSSR count). The molecule has 0 bridgehead atoms. The van der Waals surface area contributed by atoms with Gasteiger partial charge in [0.2, 0.25) is 0 Å². The van der Waals surface area contributed by atoms with E-state index < -0.39 is 17.2 Å². The van der Waals surface area contributed by atoms with Crippen LogP contribution >= 0.6 is 0 Å². The first-order valence-electron chi connectivity index (χ1n) is 9.70.